The number of ether oxygens (including phenoxy) is 2. The number of fused-ring (bicyclic) bond motifs is 2. The molecular formula is C25H29N3O4S. The number of amides is 1. The maximum atomic E-state index is 12.7. The zero-order chi connectivity index (χ0) is 23.4. The fraction of sp³-hybridized carbons (Fsp3) is 0.400. The highest BCUT2D eigenvalue weighted by Crippen LogP contribution is 2.38. The summed E-state index contributed by atoms with van der Waals surface area (Å²) in [5, 5.41) is 3.59. The lowest BCUT2D eigenvalue weighted by atomic mass is 10.1. The molecule has 7 nitrogen and oxygen atoms in total. The lowest BCUT2D eigenvalue weighted by Crippen LogP contribution is -2.22. The molecule has 1 amide bonds. The van der Waals surface area contributed by atoms with Gasteiger partial charge in [0.1, 0.15) is 17.6 Å². The lowest BCUT2D eigenvalue weighted by Gasteiger charge is -2.13. The molecule has 0 aliphatic carbocycles. The number of carbonyl (C=O) groups excluding carboxylic acids is 1. The fourth-order valence-electron chi connectivity index (χ4n) is 4.16. The van der Waals surface area contributed by atoms with Crippen LogP contribution in [-0.4, -0.2) is 28.2 Å². The van der Waals surface area contributed by atoms with E-state index >= 15 is 0 Å². The van der Waals surface area contributed by atoms with Gasteiger partial charge in [0.2, 0.25) is 5.91 Å². The Balaban J connectivity index is 1.30. The molecule has 2 heterocycles. The van der Waals surface area contributed by atoms with Gasteiger partial charge in [-0.15, -0.1) is 0 Å². The molecule has 0 spiro atoms. The maximum absolute atomic E-state index is 12.7. The van der Waals surface area contributed by atoms with E-state index in [1.165, 1.54) is 0 Å². The van der Waals surface area contributed by atoms with E-state index in [2.05, 4.69) is 10.3 Å². The third-order valence-corrected chi connectivity index (χ3v) is 6.07. The number of rotatable bonds is 9. The van der Waals surface area contributed by atoms with Crippen LogP contribution < -0.4 is 20.3 Å². The minimum absolute atomic E-state index is 0.0675. The highest BCUT2D eigenvalue weighted by molar-refractivity contribution is 7.71. The van der Waals surface area contributed by atoms with E-state index in [4.69, 9.17) is 21.7 Å². The van der Waals surface area contributed by atoms with Crippen molar-refractivity contribution < 1.29 is 14.3 Å². The Bertz CT molecular complexity index is 1280. The average molecular weight is 468 g/mol. The van der Waals surface area contributed by atoms with Crippen LogP contribution in [0.5, 0.6) is 11.5 Å². The summed E-state index contributed by atoms with van der Waals surface area (Å²) >= 11 is 5.36. The van der Waals surface area contributed by atoms with Crippen molar-refractivity contribution in [1.82, 2.24) is 9.55 Å². The number of nitrogens with one attached hydrogen (secondary N) is 2. The van der Waals surface area contributed by atoms with Gasteiger partial charge in [0.15, 0.2) is 4.77 Å². The molecule has 174 valence electrons. The van der Waals surface area contributed by atoms with E-state index in [1.807, 2.05) is 44.2 Å². The van der Waals surface area contributed by atoms with Crippen molar-refractivity contribution in [2.24, 2.45) is 0 Å². The molecule has 4 rings (SSSR count). The summed E-state index contributed by atoms with van der Waals surface area (Å²) in [4.78, 5) is 28.4. The SMILES string of the molecule is CCOc1cc2c(cc1NC(=O)CCCCCn1c(=S)[nH]c3ccccc3c1=O)OC(C)C2. The number of para-hydroxylation sites is 1. The van der Waals surface area contributed by atoms with E-state index < -0.39 is 0 Å². The number of nitrogens with zero attached hydrogens (tertiary/aromatic N) is 1. The Kier molecular flexibility index (Phi) is 7.13. The quantitative estimate of drug-likeness (QED) is 0.342. The molecule has 1 atom stereocenters. The first-order valence-corrected chi connectivity index (χ1v) is 11.8. The molecule has 2 aromatic carbocycles. The zero-order valence-corrected chi connectivity index (χ0v) is 19.8. The molecule has 0 fully saturated rings. The topological polar surface area (TPSA) is 85.4 Å². The average Bonchev–Trinajstić information content (AvgIpc) is 3.14. The zero-order valence-electron chi connectivity index (χ0n) is 19.0. The molecule has 1 aliphatic heterocycles. The number of hydrogen-bond donors (Lipinski definition) is 2. The van der Waals surface area contributed by atoms with E-state index in [-0.39, 0.29) is 17.6 Å². The standard InChI is InChI=1S/C25H29N3O4S/c1-3-31-22-14-17-13-16(2)32-21(17)15-20(22)26-23(29)11-5-4-8-12-28-24(30)18-9-6-7-10-19(18)27-25(28)33/h6-7,9-10,14-16H,3-5,8,11-13H2,1-2H3,(H,26,29)(H,27,33). The number of carbonyl (C=O) groups is 1. The molecule has 0 radical (unpaired) electrons. The van der Waals surface area contributed by atoms with Gasteiger partial charge in [-0.1, -0.05) is 18.6 Å². The summed E-state index contributed by atoms with van der Waals surface area (Å²) in [6.07, 6.45) is 3.64. The van der Waals surface area contributed by atoms with E-state index in [0.29, 0.717) is 47.6 Å². The summed E-state index contributed by atoms with van der Waals surface area (Å²) in [6.45, 7) is 4.99. The van der Waals surface area contributed by atoms with Gasteiger partial charge in [0.05, 0.1) is 23.2 Å². The summed E-state index contributed by atoms with van der Waals surface area (Å²) in [6, 6.07) is 11.2. The van der Waals surface area contributed by atoms with Crippen LogP contribution in [0.1, 0.15) is 45.1 Å². The Hall–Kier alpha value is -3.13. The van der Waals surface area contributed by atoms with Crippen LogP contribution >= 0.6 is 12.2 Å². The first-order valence-electron chi connectivity index (χ1n) is 11.4. The molecule has 2 N–H and O–H groups in total. The molecule has 33 heavy (non-hydrogen) atoms. The van der Waals surface area contributed by atoms with Crippen molar-refractivity contribution in [3.05, 3.63) is 57.1 Å². The second kappa shape index (κ2) is 10.2. The largest absolute Gasteiger partial charge is 0.492 e. The van der Waals surface area contributed by atoms with Crippen LogP contribution in [0.15, 0.2) is 41.2 Å². The summed E-state index contributed by atoms with van der Waals surface area (Å²) in [5.41, 5.74) is 2.41. The summed E-state index contributed by atoms with van der Waals surface area (Å²) < 4.78 is 13.6. The van der Waals surface area contributed by atoms with Crippen LogP contribution in [0.3, 0.4) is 0 Å². The van der Waals surface area contributed by atoms with Crippen LogP contribution in [-0.2, 0) is 17.8 Å². The molecule has 1 aromatic heterocycles. The van der Waals surface area contributed by atoms with Gasteiger partial charge in [0.25, 0.3) is 5.56 Å². The molecule has 8 heteroatoms. The van der Waals surface area contributed by atoms with Crippen molar-refractivity contribution in [1.29, 1.82) is 0 Å². The van der Waals surface area contributed by atoms with E-state index in [9.17, 15) is 9.59 Å². The fourth-order valence-corrected chi connectivity index (χ4v) is 4.44. The molecule has 0 saturated heterocycles. The molecule has 0 bridgehead atoms. The smallest absolute Gasteiger partial charge is 0.262 e. The van der Waals surface area contributed by atoms with Crippen molar-refractivity contribution in [2.45, 2.75) is 58.6 Å². The highest BCUT2D eigenvalue weighted by Gasteiger charge is 2.22. The van der Waals surface area contributed by atoms with Gasteiger partial charge in [0, 0.05) is 31.0 Å². The first kappa shape index (κ1) is 23.0. The van der Waals surface area contributed by atoms with Crippen molar-refractivity contribution in [3.8, 4) is 11.5 Å². The predicted molar refractivity (Wildman–Crippen MR) is 132 cm³/mol. The molecule has 3 aromatic rings. The third-order valence-electron chi connectivity index (χ3n) is 5.75. The minimum atomic E-state index is -0.0799. The molecule has 0 saturated carbocycles. The lowest BCUT2D eigenvalue weighted by molar-refractivity contribution is -0.116. The first-order chi connectivity index (χ1) is 16.0. The van der Waals surface area contributed by atoms with Crippen LogP contribution in [0, 0.1) is 4.77 Å². The van der Waals surface area contributed by atoms with Gasteiger partial charge in [-0.2, -0.15) is 0 Å². The van der Waals surface area contributed by atoms with Crippen LogP contribution in [0.2, 0.25) is 0 Å². The van der Waals surface area contributed by atoms with Crippen molar-refractivity contribution in [3.63, 3.8) is 0 Å². The molecule has 1 unspecified atom stereocenters. The molecular weight excluding hydrogens is 438 g/mol. The predicted octanol–water partition coefficient (Wildman–Crippen LogP) is 4.98. The van der Waals surface area contributed by atoms with Crippen molar-refractivity contribution in [2.75, 3.05) is 11.9 Å². The maximum Gasteiger partial charge on any atom is 0.262 e. The minimum Gasteiger partial charge on any atom is -0.492 e. The van der Waals surface area contributed by atoms with Gasteiger partial charge < -0.3 is 19.8 Å². The Morgan fingerprint density at radius 1 is 1.27 bits per heavy atom. The number of hydrogen-bond acceptors (Lipinski definition) is 5. The number of anilines is 1. The summed E-state index contributed by atoms with van der Waals surface area (Å²) in [5.74, 6) is 1.41. The number of benzene rings is 2. The highest BCUT2D eigenvalue weighted by atomic mass is 32.1. The second-order valence-electron chi connectivity index (χ2n) is 8.31. The molecule has 1 aliphatic rings. The van der Waals surface area contributed by atoms with Gasteiger partial charge in [-0.05, 0) is 57.1 Å². The monoisotopic (exact) mass is 467 g/mol. The van der Waals surface area contributed by atoms with Gasteiger partial charge in [-0.25, -0.2) is 0 Å². The normalized spacial score (nSPS) is 14.7. The van der Waals surface area contributed by atoms with Gasteiger partial charge in [-0.3, -0.25) is 14.2 Å². The Morgan fingerprint density at radius 2 is 2.09 bits per heavy atom. The number of aromatic nitrogens is 2. The van der Waals surface area contributed by atoms with Crippen molar-refractivity contribution >= 4 is 34.7 Å². The van der Waals surface area contributed by atoms with E-state index in [1.54, 1.807) is 10.6 Å². The van der Waals surface area contributed by atoms with E-state index in [0.717, 1.165) is 36.1 Å². The number of aromatic amines is 1. The number of unbranched alkanes of at least 4 members (excludes halogenated alkanes) is 2. The van der Waals surface area contributed by atoms with Gasteiger partial charge >= 0.3 is 0 Å². The Labute approximate surface area is 197 Å². The third kappa shape index (κ3) is 5.27. The summed E-state index contributed by atoms with van der Waals surface area (Å²) in [7, 11) is 0. The van der Waals surface area contributed by atoms with Crippen LogP contribution in [0.25, 0.3) is 10.9 Å². The number of H-pyrrole nitrogens is 1. The van der Waals surface area contributed by atoms with Crippen LogP contribution in [0.4, 0.5) is 5.69 Å². The second-order valence-corrected chi connectivity index (χ2v) is 8.70. The Morgan fingerprint density at radius 3 is 2.91 bits per heavy atom.